The minimum absolute atomic E-state index is 0.119. The molecule has 0 unspecified atom stereocenters. The van der Waals surface area contributed by atoms with E-state index in [-0.39, 0.29) is 11.0 Å². The van der Waals surface area contributed by atoms with Crippen molar-refractivity contribution in [1.82, 2.24) is 5.32 Å². The summed E-state index contributed by atoms with van der Waals surface area (Å²) in [6.45, 7) is 4.97. The van der Waals surface area contributed by atoms with E-state index in [2.05, 4.69) is 5.32 Å². The van der Waals surface area contributed by atoms with E-state index in [9.17, 15) is 8.42 Å². The van der Waals surface area contributed by atoms with Crippen LogP contribution in [-0.2, 0) is 14.6 Å². The zero-order valence-corrected chi connectivity index (χ0v) is 9.36. The number of likely N-dealkylation sites (N-methyl/N-ethyl adjacent to an activating group) is 1. The summed E-state index contributed by atoms with van der Waals surface area (Å²) >= 11 is 0. The molecular weight excluding hydrogens is 190 g/mol. The van der Waals surface area contributed by atoms with Crippen LogP contribution in [0.4, 0.5) is 0 Å². The molecule has 0 heterocycles. The zero-order valence-electron chi connectivity index (χ0n) is 8.54. The first kappa shape index (κ1) is 12.9. The Balaban J connectivity index is 3.53. The van der Waals surface area contributed by atoms with Crippen LogP contribution in [0.5, 0.6) is 0 Å². The first-order valence-electron chi connectivity index (χ1n) is 4.44. The van der Waals surface area contributed by atoms with Crippen LogP contribution in [0.25, 0.3) is 0 Å². The summed E-state index contributed by atoms with van der Waals surface area (Å²) in [5, 5.41) is 2.61. The van der Waals surface area contributed by atoms with E-state index in [0.29, 0.717) is 13.2 Å². The number of hydrogen-bond acceptors (Lipinski definition) is 4. The van der Waals surface area contributed by atoms with Gasteiger partial charge in [0.05, 0.1) is 24.2 Å². The summed E-state index contributed by atoms with van der Waals surface area (Å²) in [6.07, 6.45) is 0. The minimum Gasteiger partial charge on any atom is -0.379 e. The molecule has 1 N–H and O–H groups in total. The van der Waals surface area contributed by atoms with Crippen molar-refractivity contribution in [1.29, 1.82) is 0 Å². The standard InChI is InChI=1S/C8H19NO3S/c1-8(2)13(10,11)7-6-12-5-4-9-3/h8-9H,4-7H2,1-3H3. The fraction of sp³-hybridized carbons (Fsp3) is 1.00. The van der Waals surface area contributed by atoms with Crippen molar-refractivity contribution in [2.75, 3.05) is 32.6 Å². The van der Waals surface area contributed by atoms with Gasteiger partial charge in [-0.05, 0) is 20.9 Å². The van der Waals surface area contributed by atoms with Crippen LogP contribution < -0.4 is 5.32 Å². The molecule has 0 aliphatic carbocycles. The monoisotopic (exact) mass is 209 g/mol. The minimum atomic E-state index is -2.93. The first-order valence-corrected chi connectivity index (χ1v) is 6.16. The lowest BCUT2D eigenvalue weighted by Gasteiger charge is -2.07. The molecule has 0 saturated carbocycles. The highest BCUT2D eigenvalue weighted by molar-refractivity contribution is 7.91. The molecule has 0 aliphatic heterocycles. The quantitative estimate of drug-likeness (QED) is 0.602. The lowest BCUT2D eigenvalue weighted by atomic mass is 10.6. The number of nitrogens with one attached hydrogen (secondary N) is 1. The predicted octanol–water partition coefficient (Wildman–Crippen LogP) is 0.0456. The van der Waals surface area contributed by atoms with Crippen LogP contribution in [0.2, 0.25) is 0 Å². The molecule has 0 aromatic rings. The molecule has 0 saturated heterocycles. The highest BCUT2D eigenvalue weighted by Crippen LogP contribution is 1.99. The number of sulfone groups is 1. The molecule has 0 aliphatic rings. The predicted molar refractivity (Wildman–Crippen MR) is 53.7 cm³/mol. The highest BCUT2D eigenvalue weighted by atomic mass is 32.2. The van der Waals surface area contributed by atoms with Gasteiger partial charge in [0.15, 0.2) is 9.84 Å². The lowest BCUT2D eigenvalue weighted by Crippen LogP contribution is -2.22. The first-order chi connectivity index (χ1) is 6.00. The molecule has 0 spiro atoms. The van der Waals surface area contributed by atoms with Gasteiger partial charge in [-0.25, -0.2) is 8.42 Å². The van der Waals surface area contributed by atoms with E-state index in [1.54, 1.807) is 13.8 Å². The Kier molecular flexibility index (Phi) is 6.28. The summed E-state index contributed by atoms with van der Waals surface area (Å²) in [6, 6.07) is 0. The Morgan fingerprint density at radius 3 is 2.38 bits per heavy atom. The van der Waals surface area contributed by atoms with E-state index in [0.717, 1.165) is 6.54 Å². The molecule has 80 valence electrons. The van der Waals surface area contributed by atoms with Gasteiger partial charge in [-0.2, -0.15) is 0 Å². The molecule has 0 radical (unpaired) electrons. The van der Waals surface area contributed by atoms with Crippen molar-refractivity contribution in [2.24, 2.45) is 0 Å². The van der Waals surface area contributed by atoms with Crippen LogP contribution in [0.3, 0.4) is 0 Å². The molecule has 0 aromatic carbocycles. The van der Waals surface area contributed by atoms with Gasteiger partial charge in [0, 0.05) is 6.54 Å². The molecule has 0 aromatic heterocycles. The van der Waals surface area contributed by atoms with Crippen LogP contribution in [-0.4, -0.2) is 46.2 Å². The van der Waals surface area contributed by atoms with Crippen molar-refractivity contribution < 1.29 is 13.2 Å². The van der Waals surface area contributed by atoms with E-state index < -0.39 is 9.84 Å². The van der Waals surface area contributed by atoms with Crippen LogP contribution >= 0.6 is 0 Å². The Labute approximate surface area is 80.6 Å². The fourth-order valence-corrected chi connectivity index (χ4v) is 1.51. The summed E-state index contributed by atoms with van der Waals surface area (Å²) in [7, 11) is -1.10. The normalized spacial score (nSPS) is 12.3. The smallest absolute Gasteiger partial charge is 0.154 e. The summed E-state index contributed by atoms with van der Waals surface area (Å²) < 4.78 is 27.7. The average molecular weight is 209 g/mol. The third kappa shape index (κ3) is 6.01. The second kappa shape index (κ2) is 6.34. The topological polar surface area (TPSA) is 55.4 Å². The third-order valence-electron chi connectivity index (χ3n) is 1.73. The van der Waals surface area contributed by atoms with Crippen LogP contribution in [0.1, 0.15) is 13.8 Å². The molecule has 5 heteroatoms. The van der Waals surface area contributed by atoms with Gasteiger partial charge in [-0.15, -0.1) is 0 Å². The Bertz CT molecular complexity index is 211. The van der Waals surface area contributed by atoms with Gasteiger partial charge >= 0.3 is 0 Å². The Hall–Kier alpha value is -0.130. The fourth-order valence-electron chi connectivity index (χ4n) is 0.687. The molecule has 0 bridgehead atoms. The van der Waals surface area contributed by atoms with Crippen molar-refractivity contribution in [3.05, 3.63) is 0 Å². The Morgan fingerprint density at radius 2 is 1.92 bits per heavy atom. The lowest BCUT2D eigenvalue weighted by molar-refractivity contribution is 0.152. The van der Waals surface area contributed by atoms with Crippen molar-refractivity contribution in [3.8, 4) is 0 Å². The molecule has 0 rings (SSSR count). The maximum Gasteiger partial charge on any atom is 0.154 e. The summed E-state index contributed by atoms with van der Waals surface area (Å²) in [5.74, 6) is 0.119. The molecule has 13 heavy (non-hydrogen) atoms. The SMILES string of the molecule is CNCCOCCS(=O)(=O)C(C)C. The van der Waals surface area contributed by atoms with Crippen LogP contribution in [0, 0.1) is 0 Å². The molecule has 0 amide bonds. The van der Waals surface area contributed by atoms with Gasteiger partial charge < -0.3 is 10.1 Å². The third-order valence-corrected chi connectivity index (χ3v) is 3.90. The Morgan fingerprint density at radius 1 is 1.31 bits per heavy atom. The second-order valence-electron chi connectivity index (χ2n) is 3.13. The molecule has 4 nitrogen and oxygen atoms in total. The van der Waals surface area contributed by atoms with E-state index in [4.69, 9.17) is 4.74 Å². The van der Waals surface area contributed by atoms with Gasteiger partial charge in [0.25, 0.3) is 0 Å². The number of ether oxygens (including phenoxy) is 1. The van der Waals surface area contributed by atoms with E-state index in [1.807, 2.05) is 7.05 Å². The zero-order chi connectivity index (χ0) is 10.3. The number of rotatable bonds is 7. The van der Waals surface area contributed by atoms with Crippen molar-refractivity contribution in [2.45, 2.75) is 19.1 Å². The maximum atomic E-state index is 11.3. The second-order valence-corrected chi connectivity index (χ2v) is 5.81. The van der Waals surface area contributed by atoms with Gasteiger partial charge in [0.2, 0.25) is 0 Å². The van der Waals surface area contributed by atoms with Gasteiger partial charge in [0.1, 0.15) is 0 Å². The molecular formula is C8H19NO3S. The summed E-state index contributed by atoms with van der Waals surface area (Å²) in [4.78, 5) is 0. The van der Waals surface area contributed by atoms with Crippen LogP contribution in [0.15, 0.2) is 0 Å². The number of hydrogen-bond donors (Lipinski definition) is 1. The van der Waals surface area contributed by atoms with E-state index in [1.165, 1.54) is 0 Å². The van der Waals surface area contributed by atoms with Crippen molar-refractivity contribution in [3.63, 3.8) is 0 Å². The van der Waals surface area contributed by atoms with Crippen molar-refractivity contribution >= 4 is 9.84 Å². The summed E-state index contributed by atoms with van der Waals surface area (Å²) in [5.41, 5.74) is 0. The highest BCUT2D eigenvalue weighted by Gasteiger charge is 2.14. The van der Waals surface area contributed by atoms with E-state index >= 15 is 0 Å². The average Bonchev–Trinajstić information content (AvgIpc) is 2.03. The van der Waals surface area contributed by atoms with Gasteiger partial charge in [-0.3, -0.25) is 0 Å². The molecule has 0 fully saturated rings. The molecule has 0 atom stereocenters. The maximum absolute atomic E-state index is 11.3. The van der Waals surface area contributed by atoms with Gasteiger partial charge in [-0.1, -0.05) is 0 Å². The largest absolute Gasteiger partial charge is 0.379 e.